The monoisotopic (exact) mass is 288 g/mol. The molecule has 0 bridgehead atoms. The summed E-state index contributed by atoms with van der Waals surface area (Å²) in [5.41, 5.74) is 6.59. The van der Waals surface area contributed by atoms with Gasteiger partial charge in [0.25, 0.3) is 0 Å². The molecule has 1 heterocycles. The number of hydrogen-bond donors (Lipinski definition) is 1. The molecule has 2 N–H and O–H groups in total. The summed E-state index contributed by atoms with van der Waals surface area (Å²) < 4.78 is 5.11. The van der Waals surface area contributed by atoms with E-state index in [-0.39, 0.29) is 5.91 Å². The maximum atomic E-state index is 12.1. The lowest BCUT2D eigenvalue weighted by Crippen LogP contribution is -2.37. The highest BCUT2D eigenvalue weighted by molar-refractivity contribution is 5.91. The van der Waals surface area contributed by atoms with Crippen LogP contribution in [-0.2, 0) is 4.79 Å². The molecule has 0 aliphatic carbocycles. The molecule has 0 radical (unpaired) electrons. The van der Waals surface area contributed by atoms with E-state index in [0.717, 1.165) is 50.2 Å². The van der Waals surface area contributed by atoms with Crippen LogP contribution in [0.2, 0.25) is 0 Å². The molecule has 1 fully saturated rings. The topological polar surface area (TPSA) is 55.6 Å². The predicted molar refractivity (Wildman–Crippen MR) is 85.0 cm³/mol. The van der Waals surface area contributed by atoms with Crippen LogP contribution in [0.5, 0.6) is 5.75 Å². The summed E-state index contributed by atoms with van der Waals surface area (Å²) in [6, 6.07) is 7.66. The van der Waals surface area contributed by atoms with Crippen LogP contribution >= 0.6 is 0 Å². The zero-order valence-electron chi connectivity index (χ0n) is 12.6. The van der Waals surface area contributed by atoms with Crippen LogP contribution in [-0.4, -0.2) is 37.6 Å². The molecule has 0 aromatic heterocycles. The van der Waals surface area contributed by atoms with Crippen molar-refractivity contribution in [3.8, 4) is 5.75 Å². The largest absolute Gasteiger partial charge is 0.497 e. The second-order valence-electron chi connectivity index (χ2n) is 5.45. The third-order valence-corrected chi connectivity index (χ3v) is 4.04. The van der Waals surface area contributed by atoms with Crippen LogP contribution in [0.25, 0.3) is 6.08 Å². The van der Waals surface area contributed by atoms with E-state index in [1.807, 2.05) is 35.2 Å². The van der Waals surface area contributed by atoms with Crippen molar-refractivity contribution >= 4 is 12.0 Å². The fourth-order valence-corrected chi connectivity index (χ4v) is 2.67. The van der Waals surface area contributed by atoms with E-state index in [9.17, 15) is 4.79 Å². The molecule has 1 amide bonds. The Morgan fingerprint density at radius 1 is 1.33 bits per heavy atom. The number of piperidine rings is 1. The summed E-state index contributed by atoms with van der Waals surface area (Å²) in [6.45, 7) is 2.43. The van der Waals surface area contributed by atoms with Gasteiger partial charge in [0, 0.05) is 19.2 Å². The summed E-state index contributed by atoms with van der Waals surface area (Å²) in [5, 5.41) is 0. The summed E-state index contributed by atoms with van der Waals surface area (Å²) in [5.74, 6) is 1.60. The van der Waals surface area contributed by atoms with Crippen molar-refractivity contribution < 1.29 is 9.53 Å². The average molecular weight is 288 g/mol. The third kappa shape index (κ3) is 4.60. The summed E-state index contributed by atoms with van der Waals surface area (Å²) >= 11 is 0. The van der Waals surface area contributed by atoms with Crippen molar-refractivity contribution in [3.05, 3.63) is 35.9 Å². The molecule has 21 heavy (non-hydrogen) atoms. The zero-order valence-corrected chi connectivity index (χ0v) is 12.6. The summed E-state index contributed by atoms with van der Waals surface area (Å²) in [6.07, 6.45) is 6.72. The Kier molecular flexibility index (Phi) is 5.81. The lowest BCUT2D eigenvalue weighted by atomic mass is 9.93. The number of hydrogen-bond acceptors (Lipinski definition) is 3. The second-order valence-corrected chi connectivity index (χ2v) is 5.45. The first-order valence-electron chi connectivity index (χ1n) is 7.54. The summed E-state index contributed by atoms with van der Waals surface area (Å²) in [4.78, 5) is 14.1. The van der Waals surface area contributed by atoms with Crippen LogP contribution in [0.1, 0.15) is 24.8 Å². The third-order valence-electron chi connectivity index (χ3n) is 4.04. The van der Waals surface area contributed by atoms with E-state index in [1.165, 1.54) is 0 Å². The van der Waals surface area contributed by atoms with Crippen LogP contribution in [0.4, 0.5) is 0 Å². The first-order chi connectivity index (χ1) is 10.2. The molecule has 114 valence electrons. The van der Waals surface area contributed by atoms with Gasteiger partial charge in [-0.1, -0.05) is 12.1 Å². The molecule has 1 aliphatic heterocycles. The van der Waals surface area contributed by atoms with Crippen molar-refractivity contribution in [1.82, 2.24) is 4.90 Å². The van der Waals surface area contributed by atoms with E-state index in [4.69, 9.17) is 10.5 Å². The SMILES string of the molecule is COc1ccc(C=CC(=O)N2CCC(CCN)CC2)cc1. The highest BCUT2D eigenvalue weighted by Crippen LogP contribution is 2.20. The number of nitrogens with two attached hydrogens (primary N) is 1. The van der Waals surface area contributed by atoms with Gasteiger partial charge >= 0.3 is 0 Å². The van der Waals surface area contributed by atoms with Gasteiger partial charge in [0.05, 0.1) is 7.11 Å². The number of likely N-dealkylation sites (tertiary alicyclic amines) is 1. The molecule has 1 aromatic rings. The Hall–Kier alpha value is -1.81. The van der Waals surface area contributed by atoms with Crippen molar-refractivity contribution in [2.75, 3.05) is 26.7 Å². The fraction of sp³-hybridized carbons (Fsp3) is 0.471. The summed E-state index contributed by atoms with van der Waals surface area (Å²) in [7, 11) is 1.64. The fourth-order valence-electron chi connectivity index (χ4n) is 2.67. The lowest BCUT2D eigenvalue weighted by molar-refractivity contribution is -0.127. The average Bonchev–Trinajstić information content (AvgIpc) is 2.54. The minimum atomic E-state index is 0.0945. The Bertz CT molecular complexity index is 474. The number of nitrogens with zero attached hydrogens (tertiary/aromatic N) is 1. The molecular weight excluding hydrogens is 264 g/mol. The van der Waals surface area contributed by atoms with E-state index in [1.54, 1.807) is 13.2 Å². The van der Waals surface area contributed by atoms with Gasteiger partial charge in [0.15, 0.2) is 0 Å². The number of carbonyl (C=O) groups is 1. The standard InChI is InChI=1S/C17H24N2O2/c1-21-16-5-2-14(3-6-16)4-7-17(20)19-12-9-15(8-11-18)10-13-19/h2-7,15H,8-13,18H2,1H3. The zero-order chi connectivity index (χ0) is 15.1. The molecule has 1 saturated heterocycles. The first kappa shape index (κ1) is 15.6. The van der Waals surface area contributed by atoms with Gasteiger partial charge in [-0.25, -0.2) is 0 Å². The minimum absolute atomic E-state index is 0.0945. The van der Waals surface area contributed by atoms with Gasteiger partial charge in [0.1, 0.15) is 5.75 Å². The van der Waals surface area contributed by atoms with Crippen LogP contribution in [0.15, 0.2) is 30.3 Å². The molecular formula is C17H24N2O2. The Labute approximate surface area is 126 Å². The highest BCUT2D eigenvalue weighted by atomic mass is 16.5. The van der Waals surface area contributed by atoms with Gasteiger partial charge in [-0.05, 0) is 55.5 Å². The quantitative estimate of drug-likeness (QED) is 0.846. The van der Waals surface area contributed by atoms with Gasteiger partial charge in [-0.15, -0.1) is 0 Å². The lowest BCUT2D eigenvalue weighted by Gasteiger charge is -2.31. The number of carbonyl (C=O) groups excluding carboxylic acids is 1. The van der Waals surface area contributed by atoms with Crippen LogP contribution in [0.3, 0.4) is 0 Å². The van der Waals surface area contributed by atoms with Gasteiger partial charge in [0.2, 0.25) is 5.91 Å². The molecule has 0 atom stereocenters. The Morgan fingerprint density at radius 3 is 2.57 bits per heavy atom. The molecule has 1 aliphatic rings. The highest BCUT2D eigenvalue weighted by Gasteiger charge is 2.20. The van der Waals surface area contributed by atoms with Crippen molar-refractivity contribution in [2.45, 2.75) is 19.3 Å². The normalized spacial score (nSPS) is 16.4. The molecule has 4 heteroatoms. The maximum absolute atomic E-state index is 12.1. The predicted octanol–water partition coefficient (Wildman–Crippen LogP) is 2.30. The maximum Gasteiger partial charge on any atom is 0.246 e. The molecule has 1 aromatic carbocycles. The Morgan fingerprint density at radius 2 is 2.00 bits per heavy atom. The number of benzene rings is 1. The number of ether oxygens (including phenoxy) is 1. The first-order valence-corrected chi connectivity index (χ1v) is 7.54. The molecule has 0 saturated carbocycles. The molecule has 0 unspecified atom stereocenters. The van der Waals surface area contributed by atoms with Crippen molar-refractivity contribution in [3.63, 3.8) is 0 Å². The molecule has 0 spiro atoms. The molecule has 4 nitrogen and oxygen atoms in total. The van der Waals surface area contributed by atoms with E-state index >= 15 is 0 Å². The van der Waals surface area contributed by atoms with Crippen molar-refractivity contribution in [1.29, 1.82) is 0 Å². The van der Waals surface area contributed by atoms with E-state index < -0.39 is 0 Å². The van der Waals surface area contributed by atoms with E-state index in [2.05, 4.69) is 0 Å². The number of amides is 1. The van der Waals surface area contributed by atoms with Crippen LogP contribution < -0.4 is 10.5 Å². The minimum Gasteiger partial charge on any atom is -0.497 e. The smallest absolute Gasteiger partial charge is 0.246 e. The Balaban J connectivity index is 1.85. The van der Waals surface area contributed by atoms with Crippen molar-refractivity contribution in [2.24, 2.45) is 11.7 Å². The molecule has 2 rings (SSSR count). The van der Waals surface area contributed by atoms with E-state index in [0.29, 0.717) is 5.92 Å². The van der Waals surface area contributed by atoms with Crippen LogP contribution in [0, 0.1) is 5.92 Å². The van der Waals surface area contributed by atoms with Gasteiger partial charge < -0.3 is 15.4 Å². The second kappa shape index (κ2) is 7.84. The van der Waals surface area contributed by atoms with Gasteiger partial charge in [-0.2, -0.15) is 0 Å². The van der Waals surface area contributed by atoms with Gasteiger partial charge in [-0.3, -0.25) is 4.79 Å². The number of rotatable bonds is 5. The number of methoxy groups -OCH3 is 1.